The summed E-state index contributed by atoms with van der Waals surface area (Å²) in [7, 11) is 0. The quantitative estimate of drug-likeness (QED) is 0.910. The number of benzene rings is 1. The molecule has 1 aliphatic heterocycles. The number of anilines is 1. The van der Waals surface area contributed by atoms with Crippen LogP contribution in [0.5, 0.6) is 0 Å². The Morgan fingerprint density at radius 3 is 2.31 bits per heavy atom. The van der Waals surface area contributed by atoms with Gasteiger partial charge in [0.2, 0.25) is 0 Å². The van der Waals surface area contributed by atoms with E-state index in [4.69, 9.17) is 0 Å². The van der Waals surface area contributed by atoms with Crippen LogP contribution >= 0.6 is 0 Å². The summed E-state index contributed by atoms with van der Waals surface area (Å²) in [5.41, 5.74) is 0.258. The first-order valence-electron chi connectivity index (χ1n) is 8.28. The molecule has 1 saturated heterocycles. The summed E-state index contributed by atoms with van der Waals surface area (Å²) in [4.78, 5) is 19.7. The van der Waals surface area contributed by atoms with Crippen LogP contribution < -0.4 is 10.2 Å². The Labute approximate surface area is 149 Å². The molecule has 1 aromatic carbocycles. The predicted molar refractivity (Wildman–Crippen MR) is 91.7 cm³/mol. The molecule has 0 unspecified atom stereocenters. The van der Waals surface area contributed by atoms with Gasteiger partial charge in [0.15, 0.2) is 0 Å². The van der Waals surface area contributed by atoms with Gasteiger partial charge in [0, 0.05) is 38.9 Å². The molecule has 2 heterocycles. The summed E-state index contributed by atoms with van der Waals surface area (Å²) in [5, 5.41) is 2.88. The fourth-order valence-corrected chi connectivity index (χ4v) is 2.76. The average molecular weight is 364 g/mol. The highest BCUT2D eigenvalue weighted by Crippen LogP contribution is 2.29. The highest BCUT2D eigenvalue weighted by molar-refractivity contribution is 5.74. The van der Waals surface area contributed by atoms with E-state index in [1.807, 2.05) is 35.2 Å². The molecule has 1 fully saturated rings. The van der Waals surface area contributed by atoms with Crippen LogP contribution in [0.2, 0.25) is 0 Å². The van der Waals surface area contributed by atoms with Crippen molar-refractivity contribution in [2.45, 2.75) is 12.7 Å². The molecule has 0 bridgehead atoms. The van der Waals surface area contributed by atoms with E-state index < -0.39 is 11.7 Å². The van der Waals surface area contributed by atoms with E-state index in [1.165, 1.54) is 6.07 Å². The summed E-state index contributed by atoms with van der Waals surface area (Å²) >= 11 is 0. The monoisotopic (exact) mass is 364 g/mol. The predicted octanol–water partition coefficient (Wildman–Crippen LogP) is 3.13. The Morgan fingerprint density at radius 1 is 1.04 bits per heavy atom. The van der Waals surface area contributed by atoms with E-state index >= 15 is 0 Å². The number of alkyl halides is 3. The van der Waals surface area contributed by atoms with Crippen molar-refractivity contribution >= 4 is 11.8 Å². The van der Waals surface area contributed by atoms with Crippen molar-refractivity contribution in [1.29, 1.82) is 0 Å². The topological polar surface area (TPSA) is 48.5 Å². The molecule has 0 radical (unpaired) electrons. The number of hydrogen-bond donors (Lipinski definition) is 1. The smallest absolute Gasteiger partial charge is 0.353 e. The summed E-state index contributed by atoms with van der Waals surface area (Å²) in [5.74, 6) is 0.488. The highest BCUT2D eigenvalue weighted by Gasteiger charge is 2.31. The SMILES string of the molecule is O=C(NCc1ccccc1)N1CCN(c2ccc(C(F)(F)F)cn2)CC1. The molecular weight excluding hydrogens is 345 g/mol. The zero-order valence-corrected chi connectivity index (χ0v) is 14.0. The van der Waals surface area contributed by atoms with Crippen molar-refractivity contribution in [2.75, 3.05) is 31.1 Å². The van der Waals surface area contributed by atoms with E-state index in [1.54, 1.807) is 4.90 Å². The standard InChI is InChI=1S/C18H19F3N4O/c19-18(20,21)15-6-7-16(22-13-15)24-8-10-25(11-9-24)17(26)23-12-14-4-2-1-3-5-14/h1-7,13H,8-12H2,(H,23,26). The summed E-state index contributed by atoms with van der Waals surface area (Å²) in [6.45, 7) is 2.49. The maximum atomic E-state index is 12.6. The summed E-state index contributed by atoms with van der Waals surface area (Å²) in [6.07, 6.45) is -3.55. The Balaban J connectivity index is 1.50. The van der Waals surface area contributed by atoms with Gasteiger partial charge in [-0.15, -0.1) is 0 Å². The molecule has 3 rings (SSSR count). The fraction of sp³-hybridized carbons (Fsp3) is 0.333. The number of aromatic nitrogens is 1. The van der Waals surface area contributed by atoms with Crippen LogP contribution in [-0.2, 0) is 12.7 Å². The van der Waals surface area contributed by atoms with Gasteiger partial charge in [0.05, 0.1) is 5.56 Å². The third-order valence-electron chi connectivity index (χ3n) is 4.25. The number of piperazine rings is 1. The molecule has 1 aromatic heterocycles. The van der Waals surface area contributed by atoms with Crippen LogP contribution in [0.4, 0.5) is 23.8 Å². The minimum Gasteiger partial charge on any atom is -0.353 e. The van der Waals surface area contributed by atoms with Gasteiger partial charge in [-0.05, 0) is 17.7 Å². The minimum atomic E-state index is -4.39. The lowest BCUT2D eigenvalue weighted by Gasteiger charge is -2.35. The van der Waals surface area contributed by atoms with Crippen LogP contribution in [-0.4, -0.2) is 42.1 Å². The van der Waals surface area contributed by atoms with E-state index in [0.29, 0.717) is 38.5 Å². The summed E-state index contributed by atoms with van der Waals surface area (Å²) < 4.78 is 37.8. The molecule has 5 nitrogen and oxygen atoms in total. The van der Waals surface area contributed by atoms with Gasteiger partial charge in [0.25, 0.3) is 0 Å². The van der Waals surface area contributed by atoms with Gasteiger partial charge >= 0.3 is 12.2 Å². The Kier molecular flexibility index (Phi) is 5.29. The van der Waals surface area contributed by atoms with E-state index in [9.17, 15) is 18.0 Å². The second-order valence-electron chi connectivity index (χ2n) is 6.02. The van der Waals surface area contributed by atoms with Crippen molar-refractivity contribution in [1.82, 2.24) is 15.2 Å². The number of carbonyl (C=O) groups is 1. The lowest BCUT2D eigenvalue weighted by Crippen LogP contribution is -2.51. The lowest BCUT2D eigenvalue weighted by atomic mass is 10.2. The molecule has 26 heavy (non-hydrogen) atoms. The van der Waals surface area contributed by atoms with Gasteiger partial charge in [-0.25, -0.2) is 9.78 Å². The maximum absolute atomic E-state index is 12.6. The van der Waals surface area contributed by atoms with Crippen molar-refractivity contribution in [3.8, 4) is 0 Å². The Hall–Kier alpha value is -2.77. The normalized spacial score (nSPS) is 15.0. The van der Waals surface area contributed by atoms with Gasteiger partial charge in [-0.1, -0.05) is 30.3 Å². The third-order valence-corrected chi connectivity index (χ3v) is 4.25. The minimum absolute atomic E-state index is 0.145. The highest BCUT2D eigenvalue weighted by atomic mass is 19.4. The number of amides is 2. The van der Waals surface area contributed by atoms with E-state index in [0.717, 1.165) is 17.8 Å². The molecule has 0 spiro atoms. The molecule has 0 saturated carbocycles. The number of rotatable bonds is 3. The Morgan fingerprint density at radius 2 is 1.73 bits per heavy atom. The van der Waals surface area contributed by atoms with Crippen LogP contribution in [0, 0.1) is 0 Å². The maximum Gasteiger partial charge on any atom is 0.417 e. The number of carbonyl (C=O) groups excluding carboxylic acids is 1. The second-order valence-corrected chi connectivity index (χ2v) is 6.02. The van der Waals surface area contributed by atoms with Gasteiger partial charge in [-0.2, -0.15) is 13.2 Å². The number of halogens is 3. The van der Waals surface area contributed by atoms with Crippen molar-refractivity contribution in [2.24, 2.45) is 0 Å². The third kappa shape index (κ3) is 4.44. The summed E-state index contributed by atoms with van der Waals surface area (Å²) in [6, 6.07) is 11.9. The van der Waals surface area contributed by atoms with Gasteiger partial charge in [0.1, 0.15) is 5.82 Å². The molecule has 0 aliphatic carbocycles. The molecule has 1 aliphatic rings. The molecule has 2 aromatic rings. The molecule has 138 valence electrons. The molecular formula is C18H19F3N4O. The number of urea groups is 1. The van der Waals surface area contributed by atoms with Crippen molar-refractivity contribution in [3.05, 3.63) is 59.8 Å². The molecule has 0 atom stereocenters. The lowest BCUT2D eigenvalue weighted by molar-refractivity contribution is -0.137. The zero-order valence-electron chi connectivity index (χ0n) is 14.0. The van der Waals surface area contributed by atoms with Crippen LogP contribution in [0.25, 0.3) is 0 Å². The number of nitrogens with zero attached hydrogens (tertiary/aromatic N) is 3. The first-order valence-corrected chi connectivity index (χ1v) is 8.28. The number of pyridine rings is 1. The first-order chi connectivity index (χ1) is 12.4. The van der Waals surface area contributed by atoms with Crippen LogP contribution in [0.1, 0.15) is 11.1 Å². The van der Waals surface area contributed by atoms with Gasteiger partial charge < -0.3 is 15.1 Å². The number of hydrogen-bond acceptors (Lipinski definition) is 3. The number of nitrogens with one attached hydrogen (secondary N) is 1. The van der Waals surface area contributed by atoms with E-state index in [-0.39, 0.29) is 6.03 Å². The van der Waals surface area contributed by atoms with Crippen LogP contribution in [0.15, 0.2) is 48.7 Å². The molecule has 1 N–H and O–H groups in total. The van der Waals surface area contributed by atoms with Crippen molar-refractivity contribution < 1.29 is 18.0 Å². The van der Waals surface area contributed by atoms with Crippen molar-refractivity contribution in [3.63, 3.8) is 0 Å². The fourth-order valence-electron chi connectivity index (χ4n) is 2.76. The largest absolute Gasteiger partial charge is 0.417 e. The Bertz CT molecular complexity index is 726. The van der Waals surface area contributed by atoms with Crippen LogP contribution in [0.3, 0.4) is 0 Å². The molecule has 8 heteroatoms. The zero-order chi connectivity index (χ0) is 18.6. The van der Waals surface area contributed by atoms with E-state index in [2.05, 4.69) is 10.3 Å². The average Bonchev–Trinajstić information content (AvgIpc) is 2.66. The first kappa shape index (κ1) is 18.0. The van der Waals surface area contributed by atoms with Gasteiger partial charge in [-0.3, -0.25) is 0 Å². The molecule has 2 amide bonds. The second kappa shape index (κ2) is 7.63.